The van der Waals surface area contributed by atoms with Gasteiger partial charge in [0.1, 0.15) is 17.4 Å². The normalized spacial score (nSPS) is 10.7. The van der Waals surface area contributed by atoms with E-state index in [4.69, 9.17) is 0 Å². The standard InChI is InChI=1S/C18H15FN2O2/c1-10-9-16(22)21-18(20-10)13-5-3-12(4-6-13)14-7-8-15(19)11(2)17(14)23/h3-9,23H,1-2H3,(H,20,21,22). The molecule has 0 spiro atoms. The van der Waals surface area contributed by atoms with Crippen LogP contribution in [-0.2, 0) is 0 Å². The molecule has 0 aliphatic heterocycles. The number of hydrogen-bond donors (Lipinski definition) is 2. The summed E-state index contributed by atoms with van der Waals surface area (Å²) in [7, 11) is 0. The molecule has 23 heavy (non-hydrogen) atoms. The molecular weight excluding hydrogens is 295 g/mol. The Hall–Kier alpha value is -2.95. The van der Waals surface area contributed by atoms with E-state index in [1.165, 1.54) is 19.1 Å². The number of nitrogens with one attached hydrogen (secondary N) is 1. The van der Waals surface area contributed by atoms with Crippen molar-refractivity contribution >= 4 is 0 Å². The molecule has 0 saturated carbocycles. The third-order valence-corrected chi connectivity index (χ3v) is 3.70. The second kappa shape index (κ2) is 5.68. The Balaban J connectivity index is 2.03. The SMILES string of the molecule is Cc1cc(=O)[nH]c(-c2ccc(-c3ccc(F)c(C)c3O)cc2)n1. The van der Waals surface area contributed by atoms with Gasteiger partial charge in [-0.05, 0) is 31.5 Å². The van der Waals surface area contributed by atoms with Crippen LogP contribution in [0.15, 0.2) is 47.3 Å². The third-order valence-electron chi connectivity index (χ3n) is 3.70. The maximum atomic E-state index is 13.4. The third kappa shape index (κ3) is 2.85. The molecule has 0 saturated heterocycles. The van der Waals surface area contributed by atoms with Crippen molar-refractivity contribution in [2.45, 2.75) is 13.8 Å². The Morgan fingerprint density at radius 3 is 2.35 bits per heavy atom. The lowest BCUT2D eigenvalue weighted by Crippen LogP contribution is -2.08. The summed E-state index contributed by atoms with van der Waals surface area (Å²) in [5.41, 5.74) is 2.72. The van der Waals surface area contributed by atoms with Gasteiger partial charge in [-0.1, -0.05) is 24.3 Å². The first-order valence-electron chi connectivity index (χ1n) is 7.12. The van der Waals surface area contributed by atoms with Crippen molar-refractivity contribution in [1.29, 1.82) is 0 Å². The van der Waals surface area contributed by atoms with Crippen LogP contribution in [0.5, 0.6) is 5.75 Å². The maximum absolute atomic E-state index is 13.4. The highest BCUT2D eigenvalue weighted by molar-refractivity contribution is 5.73. The van der Waals surface area contributed by atoms with E-state index in [-0.39, 0.29) is 16.9 Å². The Labute approximate surface area is 132 Å². The second-order valence-corrected chi connectivity index (χ2v) is 5.38. The molecule has 0 amide bonds. The monoisotopic (exact) mass is 310 g/mol. The highest BCUT2D eigenvalue weighted by atomic mass is 19.1. The molecule has 1 aromatic heterocycles. The number of phenolic OH excluding ortho intramolecular Hbond substituents is 1. The van der Waals surface area contributed by atoms with E-state index in [0.29, 0.717) is 17.1 Å². The van der Waals surface area contributed by atoms with Crippen molar-refractivity contribution < 1.29 is 9.50 Å². The first-order chi connectivity index (χ1) is 11.0. The molecule has 0 aliphatic rings. The Morgan fingerprint density at radius 1 is 1.04 bits per heavy atom. The van der Waals surface area contributed by atoms with Crippen LogP contribution in [0.25, 0.3) is 22.5 Å². The molecule has 0 radical (unpaired) electrons. The van der Waals surface area contributed by atoms with Crippen molar-refractivity contribution in [1.82, 2.24) is 9.97 Å². The minimum atomic E-state index is -0.440. The molecule has 3 rings (SSSR count). The quantitative estimate of drug-likeness (QED) is 0.760. The number of hydrogen-bond acceptors (Lipinski definition) is 3. The van der Waals surface area contributed by atoms with Gasteiger partial charge in [-0.3, -0.25) is 4.79 Å². The number of H-pyrrole nitrogens is 1. The lowest BCUT2D eigenvalue weighted by atomic mass is 10.00. The molecule has 2 N–H and O–H groups in total. The van der Waals surface area contributed by atoms with Gasteiger partial charge in [0.05, 0.1) is 0 Å². The van der Waals surface area contributed by atoms with Crippen LogP contribution in [0, 0.1) is 19.7 Å². The molecule has 0 bridgehead atoms. The van der Waals surface area contributed by atoms with Crippen molar-refractivity contribution in [3.05, 3.63) is 69.9 Å². The van der Waals surface area contributed by atoms with E-state index in [2.05, 4.69) is 9.97 Å². The fourth-order valence-corrected chi connectivity index (χ4v) is 2.43. The predicted molar refractivity (Wildman–Crippen MR) is 86.8 cm³/mol. The largest absolute Gasteiger partial charge is 0.507 e. The van der Waals surface area contributed by atoms with Gasteiger partial charge in [0.2, 0.25) is 0 Å². The van der Waals surface area contributed by atoms with E-state index >= 15 is 0 Å². The molecule has 0 unspecified atom stereocenters. The van der Waals surface area contributed by atoms with Gasteiger partial charge in [0, 0.05) is 28.5 Å². The molecule has 1 heterocycles. The maximum Gasteiger partial charge on any atom is 0.251 e. The van der Waals surface area contributed by atoms with E-state index in [1.807, 2.05) is 0 Å². The van der Waals surface area contributed by atoms with Crippen LogP contribution in [0.4, 0.5) is 4.39 Å². The van der Waals surface area contributed by atoms with E-state index in [0.717, 1.165) is 11.1 Å². The van der Waals surface area contributed by atoms with Gasteiger partial charge in [0.15, 0.2) is 0 Å². The van der Waals surface area contributed by atoms with E-state index in [1.54, 1.807) is 37.3 Å². The Bertz CT molecular complexity index is 931. The zero-order chi connectivity index (χ0) is 16.6. The number of aromatic amines is 1. The number of phenols is 1. The first kappa shape index (κ1) is 15.0. The summed E-state index contributed by atoms with van der Waals surface area (Å²) in [6.45, 7) is 3.29. The molecule has 4 nitrogen and oxygen atoms in total. The summed E-state index contributed by atoms with van der Waals surface area (Å²) in [4.78, 5) is 18.5. The fraction of sp³-hybridized carbons (Fsp3) is 0.111. The second-order valence-electron chi connectivity index (χ2n) is 5.38. The molecule has 5 heteroatoms. The zero-order valence-electron chi connectivity index (χ0n) is 12.7. The minimum absolute atomic E-state index is 0.0696. The van der Waals surface area contributed by atoms with Crippen molar-refractivity contribution in [2.24, 2.45) is 0 Å². The molecule has 3 aromatic rings. The number of rotatable bonds is 2. The smallest absolute Gasteiger partial charge is 0.251 e. The zero-order valence-corrected chi connectivity index (χ0v) is 12.7. The average molecular weight is 310 g/mol. The highest BCUT2D eigenvalue weighted by Gasteiger charge is 2.11. The Kier molecular flexibility index (Phi) is 3.70. The van der Waals surface area contributed by atoms with Crippen LogP contribution in [0.1, 0.15) is 11.3 Å². The molecule has 0 aliphatic carbocycles. The fourth-order valence-electron chi connectivity index (χ4n) is 2.43. The minimum Gasteiger partial charge on any atom is -0.507 e. The Morgan fingerprint density at radius 2 is 1.70 bits per heavy atom. The molecular formula is C18H15FN2O2. The number of halogens is 1. The average Bonchev–Trinajstić information content (AvgIpc) is 2.52. The number of aromatic nitrogens is 2. The number of aryl methyl sites for hydroxylation is 1. The van der Waals surface area contributed by atoms with Crippen molar-refractivity contribution in [3.63, 3.8) is 0 Å². The van der Waals surface area contributed by atoms with Gasteiger partial charge in [0.25, 0.3) is 5.56 Å². The lowest BCUT2D eigenvalue weighted by Gasteiger charge is -2.09. The topological polar surface area (TPSA) is 66.0 Å². The summed E-state index contributed by atoms with van der Waals surface area (Å²) < 4.78 is 13.4. The van der Waals surface area contributed by atoms with Gasteiger partial charge >= 0.3 is 0 Å². The number of aromatic hydroxyl groups is 1. The van der Waals surface area contributed by atoms with E-state index < -0.39 is 5.82 Å². The van der Waals surface area contributed by atoms with Crippen LogP contribution in [0.3, 0.4) is 0 Å². The van der Waals surface area contributed by atoms with Crippen molar-refractivity contribution in [3.8, 4) is 28.3 Å². The van der Waals surface area contributed by atoms with Crippen LogP contribution in [-0.4, -0.2) is 15.1 Å². The number of benzene rings is 2. The van der Waals surface area contributed by atoms with Gasteiger partial charge < -0.3 is 10.1 Å². The van der Waals surface area contributed by atoms with Gasteiger partial charge in [-0.2, -0.15) is 0 Å². The first-order valence-corrected chi connectivity index (χ1v) is 7.12. The summed E-state index contributed by atoms with van der Waals surface area (Å²) in [6.07, 6.45) is 0. The molecule has 116 valence electrons. The van der Waals surface area contributed by atoms with Crippen LogP contribution >= 0.6 is 0 Å². The molecule has 2 aromatic carbocycles. The summed E-state index contributed by atoms with van der Waals surface area (Å²) >= 11 is 0. The highest BCUT2D eigenvalue weighted by Crippen LogP contribution is 2.33. The van der Waals surface area contributed by atoms with E-state index in [9.17, 15) is 14.3 Å². The van der Waals surface area contributed by atoms with Crippen molar-refractivity contribution in [2.75, 3.05) is 0 Å². The summed E-state index contributed by atoms with van der Waals surface area (Å²) in [5, 5.41) is 10.1. The summed E-state index contributed by atoms with van der Waals surface area (Å²) in [6, 6.07) is 11.5. The van der Waals surface area contributed by atoms with Crippen LogP contribution < -0.4 is 5.56 Å². The molecule has 0 atom stereocenters. The predicted octanol–water partition coefficient (Wildman–Crippen LogP) is 3.57. The lowest BCUT2D eigenvalue weighted by molar-refractivity contribution is 0.465. The number of nitrogens with zero attached hydrogens (tertiary/aromatic N) is 1. The molecule has 0 fully saturated rings. The van der Waals surface area contributed by atoms with Gasteiger partial charge in [-0.25, -0.2) is 9.37 Å². The van der Waals surface area contributed by atoms with Crippen LogP contribution in [0.2, 0.25) is 0 Å². The summed E-state index contributed by atoms with van der Waals surface area (Å²) in [5.74, 6) is -0.0229. The van der Waals surface area contributed by atoms with Gasteiger partial charge in [-0.15, -0.1) is 0 Å².